The summed E-state index contributed by atoms with van der Waals surface area (Å²) < 4.78 is 1.23. The Kier molecular flexibility index (Phi) is 4.41. The van der Waals surface area contributed by atoms with Gasteiger partial charge in [-0.05, 0) is 62.2 Å². The Morgan fingerprint density at radius 3 is 2.68 bits per heavy atom. The molecule has 0 bridgehead atoms. The molecule has 0 fully saturated rings. The molecule has 1 unspecified atom stereocenters. The second-order valence-electron chi connectivity index (χ2n) is 5.63. The van der Waals surface area contributed by atoms with E-state index in [1.165, 1.54) is 10.3 Å². The summed E-state index contributed by atoms with van der Waals surface area (Å²) >= 11 is 1.73. The van der Waals surface area contributed by atoms with Crippen LogP contribution in [0.1, 0.15) is 18.9 Å². The fourth-order valence-corrected chi connectivity index (χ4v) is 3.48. The number of anilines is 1. The summed E-state index contributed by atoms with van der Waals surface area (Å²) in [4.78, 5) is 4.71. The van der Waals surface area contributed by atoms with Crippen molar-refractivity contribution in [3.8, 4) is 10.6 Å². The number of rotatable bonds is 5. The molecule has 0 saturated carbocycles. The summed E-state index contributed by atoms with van der Waals surface area (Å²) in [5.41, 5.74) is 4.53. The first-order chi connectivity index (χ1) is 10.7. The molecule has 0 saturated heterocycles. The van der Waals surface area contributed by atoms with Crippen LogP contribution in [0.5, 0.6) is 0 Å². The van der Waals surface area contributed by atoms with E-state index in [4.69, 9.17) is 10.1 Å². The molecular formula is C18H20N2OS. The summed E-state index contributed by atoms with van der Waals surface area (Å²) in [6.45, 7) is 4.38. The molecule has 1 aromatic heterocycles. The number of hydrogen-bond acceptors (Lipinski definition) is 4. The van der Waals surface area contributed by atoms with Crippen molar-refractivity contribution in [2.45, 2.75) is 26.3 Å². The lowest BCUT2D eigenvalue weighted by Gasteiger charge is -2.13. The average Bonchev–Trinajstić information content (AvgIpc) is 2.91. The van der Waals surface area contributed by atoms with E-state index in [0.717, 1.165) is 28.2 Å². The SMILES string of the molecule is Cc1ccc2nc(-c3ccc(NC(C)CCO)cc3)sc2c1. The van der Waals surface area contributed by atoms with E-state index in [2.05, 4.69) is 61.6 Å². The van der Waals surface area contributed by atoms with Crippen molar-refractivity contribution in [1.29, 1.82) is 0 Å². The minimum atomic E-state index is 0.206. The molecule has 3 nitrogen and oxygen atoms in total. The van der Waals surface area contributed by atoms with Gasteiger partial charge in [-0.2, -0.15) is 0 Å². The fraction of sp³-hybridized carbons (Fsp3) is 0.278. The molecule has 0 aliphatic carbocycles. The van der Waals surface area contributed by atoms with Gasteiger partial charge in [0.2, 0.25) is 0 Å². The van der Waals surface area contributed by atoms with E-state index >= 15 is 0 Å². The van der Waals surface area contributed by atoms with Gasteiger partial charge in [-0.1, -0.05) is 6.07 Å². The molecule has 0 radical (unpaired) electrons. The standard InChI is InChI=1S/C18H20N2OS/c1-12-3-8-16-17(11-12)22-18(20-16)14-4-6-15(7-5-14)19-13(2)9-10-21/h3-8,11,13,19,21H,9-10H2,1-2H3. The number of aliphatic hydroxyl groups is 1. The van der Waals surface area contributed by atoms with Gasteiger partial charge in [-0.3, -0.25) is 0 Å². The third kappa shape index (κ3) is 3.29. The largest absolute Gasteiger partial charge is 0.396 e. The molecule has 3 aromatic rings. The highest BCUT2D eigenvalue weighted by molar-refractivity contribution is 7.21. The average molecular weight is 312 g/mol. The van der Waals surface area contributed by atoms with Crippen molar-refractivity contribution in [2.75, 3.05) is 11.9 Å². The molecule has 114 valence electrons. The molecule has 0 spiro atoms. The van der Waals surface area contributed by atoms with Gasteiger partial charge in [0, 0.05) is 23.9 Å². The molecule has 2 aromatic carbocycles. The summed E-state index contributed by atoms with van der Waals surface area (Å²) in [5, 5.41) is 13.4. The van der Waals surface area contributed by atoms with Crippen molar-refractivity contribution in [3.05, 3.63) is 48.0 Å². The molecule has 4 heteroatoms. The maximum atomic E-state index is 8.95. The highest BCUT2D eigenvalue weighted by atomic mass is 32.1. The maximum absolute atomic E-state index is 8.95. The Morgan fingerprint density at radius 1 is 1.18 bits per heavy atom. The predicted molar refractivity (Wildman–Crippen MR) is 94.6 cm³/mol. The Bertz CT molecular complexity index is 764. The van der Waals surface area contributed by atoms with E-state index in [1.807, 2.05) is 0 Å². The molecule has 22 heavy (non-hydrogen) atoms. The van der Waals surface area contributed by atoms with Crippen LogP contribution in [0, 0.1) is 6.92 Å². The third-order valence-corrected chi connectivity index (χ3v) is 4.72. The van der Waals surface area contributed by atoms with Gasteiger partial charge < -0.3 is 10.4 Å². The van der Waals surface area contributed by atoms with Crippen molar-refractivity contribution in [3.63, 3.8) is 0 Å². The fourth-order valence-electron chi connectivity index (χ4n) is 2.41. The minimum absolute atomic E-state index is 0.206. The number of aryl methyl sites for hydroxylation is 1. The smallest absolute Gasteiger partial charge is 0.124 e. The molecule has 3 rings (SSSR count). The Balaban J connectivity index is 1.81. The number of aliphatic hydroxyl groups excluding tert-OH is 1. The van der Waals surface area contributed by atoms with Gasteiger partial charge in [0.25, 0.3) is 0 Å². The van der Waals surface area contributed by atoms with E-state index < -0.39 is 0 Å². The number of aromatic nitrogens is 1. The van der Waals surface area contributed by atoms with Crippen molar-refractivity contribution >= 4 is 27.2 Å². The summed E-state index contributed by atoms with van der Waals surface area (Å²) in [6, 6.07) is 15.0. The van der Waals surface area contributed by atoms with Crippen LogP contribution in [-0.4, -0.2) is 22.7 Å². The monoisotopic (exact) mass is 312 g/mol. The Labute approximate surface area is 134 Å². The first-order valence-corrected chi connectivity index (χ1v) is 8.32. The van der Waals surface area contributed by atoms with Crippen molar-refractivity contribution in [2.24, 2.45) is 0 Å². The van der Waals surface area contributed by atoms with Gasteiger partial charge >= 0.3 is 0 Å². The van der Waals surface area contributed by atoms with Gasteiger partial charge in [-0.25, -0.2) is 4.98 Å². The van der Waals surface area contributed by atoms with E-state index in [-0.39, 0.29) is 12.6 Å². The number of hydrogen-bond donors (Lipinski definition) is 2. The van der Waals surface area contributed by atoms with E-state index in [1.54, 1.807) is 11.3 Å². The van der Waals surface area contributed by atoms with Crippen LogP contribution in [0.25, 0.3) is 20.8 Å². The van der Waals surface area contributed by atoms with Crippen LogP contribution in [0.2, 0.25) is 0 Å². The van der Waals surface area contributed by atoms with Crippen LogP contribution in [0.15, 0.2) is 42.5 Å². The van der Waals surface area contributed by atoms with Crippen LogP contribution < -0.4 is 5.32 Å². The number of nitrogens with one attached hydrogen (secondary N) is 1. The highest BCUT2D eigenvalue weighted by Crippen LogP contribution is 2.31. The highest BCUT2D eigenvalue weighted by Gasteiger charge is 2.07. The molecule has 0 aliphatic heterocycles. The Morgan fingerprint density at radius 2 is 1.95 bits per heavy atom. The molecule has 1 heterocycles. The molecule has 0 amide bonds. The van der Waals surface area contributed by atoms with Crippen molar-refractivity contribution < 1.29 is 5.11 Å². The molecule has 0 aliphatic rings. The quantitative estimate of drug-likeness (QED) is 0.731. The summed E-state index contributed by atoms with van der Waals surface area (Å²) in [6.07, 6.45) is 0.749. The molecule has 2 N–H and O–H groups in total. The lowest BCUT2D eigenvalue weighted by Crippen LogP contribution is -2.16. The van der Waals surface area contributed by atoms with E-state index in [0.29, 0.717) is 0 Å². The topological polar surface area (TPSA) is 45.2 Å². The van der Waals surface area contributed by atoms with Gasteiger partial charge in [0.15, 0.2) is 0 Å². The third-order valence-electron chi connectivity index (χ3n) is 3.65. The number of fused-ring (bicyclic) bond motifs is 1. The Hall–Kier alpha value is -1.91. The number of thiazole rings is 1. The van der Waals surface area contributed by atoms with E-state index in [9.17, 15) is 0 Å². The second kappa shape index (κ2) is 6.46. The van der Waals surface area contributed by atoms with Crippen molar-refractivity contribution in [1.82, 2.24) is 4.98 Å². The molecule has 1 atom stereocenters. The number of nitrogens with zero attached hydrogens (tertiary/aromatic N) is 1. The van der Waals surface area contributed by atoms with Gasteiger partial charge in [-0.15, -0.1) is 11.3 Å². The first kappa shape index (κ1) is 15.0. The van der Waals surface area contributed by atoms with Gasteiger partial charge in [0.1, 0.15) is 5.01 Å². The zero-order chi connectivity index (χ0) is 15.5. The summed E-state index contributed by atoms with van der Waals surface area (Å²) in [5.74, 6) is 0. The lowest BCUT2D eigenvalue weighted by molar-refractivity contribution is 0.282. The van der Waals surface area contributed by atoms with Crippen LogP contribution in [-0.2, 0) is 0 Å². The first-order valence-electron chi connectivity index (χ1n) is 7.51. The van der Waals surface area contributed by atoms with Crippen LogP contribution in [0.3, 0.4) is 0 Å². The van der Waals surface area contributed by atoms with Crippen LogP contribution >= 0.6 is 11.3 Å². The second-order valence-corrected chi connectivity index (χ2v) is 6.66. The maximum Gasteiger partial charge on any atom is 0.124 e. The lowest BCUT2D eigenvalue weighted by atomic mass is 10.2. The van der Waals surface area contributed by atoms with Gasteiger partial charge in [0.05, 0.1) is 10.2 Å². The zero-order valence-corrected chi connectivity index (χ0v) is 13.7. The molecular weight excluding hydrogens is 292 g/mol. The summed E-state index contributed by atoms with van der Waals surface area (Å²) in [7, 11) is 0. The zero-order valence-electron chi connectivity index (χ0n) is 12.8. The minimum Gasteiger partial charge on any atom is -0.396 e. The normalized spacial score (nSPS) is 12.5. The predicted octanol–water partition coefficient (Wildman–Crippen LogP) is 4.45. The number of benzene rings is 2. The van der Waals surface area contributed by atoms with Crippen LogP contribution in [0.4, 0.5) is 5.69 Å².